The van der Waals surface area contributed by atoms with E-state index >= 15 is 0 Å². The fraction of sp³-hybridized carbons (Fsp3) is 0.200. The summed E-state index contributed by atoms with van der Waals surface area (Å²) in [5, 5.41) is 3.42. The Bertz CT molecular complexity index is 173. The zero-order valence-corrected chi connectivity index (χ0v) is 5.20. The van der Waals surface area contributed by atoms with Crippen LogP contribution in [0.15, 0.2) is 16.7 Å². The smallest absolute Gasteiger partial charge is 0.193 e. The SMILES string of the molecule is CNc1cc(Cl)co1. The lowest BCUT2D eigenvalue weighted by Crippen LogP contribution is -1.81. The molecule has 1 heterocycles. The highest BCUT2D eigenvalue weighted by Gasteiger charge is 1.92. The average Bonchev–Trinajstić information content (AvgIpc) is 2.14. The Morgan fingerprint density at radius 2 is 2.50 bits per heavy atom. The van der Waals surface area contributed by atoms with Gasteiger partial charge in [0.1, 0.15) is 6.26 Å². The topological polar surface area (TPSA) is 25.2 Å². The lowest BCUT2D eigenvalue weighted by atomic mass is 10.6. The average molecular weight is 132 g/mol. The van der Waals surface area contributed by atoms with Gasteiger partial charge in [0.2, 0.25) is 0 Å². The third-order valence-corrected chi connectivity index (χ3v) is 1.01. The quantitative estimate of drug-likeness (QED) is 0.631. The molecule has 1 aromatic rings. The fourth-order valence-corrected chi connectivity index (χ4v) is 0.588. The molecule has 0 saturated heterocycles. The van der Waals surface area contributed by atoms with E-state index in [9.17, 15) is 0 Å². The van der Waals surface area contributed by atoms with Crippen LogP contribution in [0.3, 0.4) is 0 Å². The minimum absolute atomic E-state index is 0.620. The van der Waals surface area contributed by atoms with Gasteiger partial charge in [0.25, 0.3) is 0 Å². The van der Waals surface area contributed by atoms with Gasteiger partial charge in [0.05, 0.1) is 5.02 Å². The first-order valence-electron chi connectivity index (χ1n) is 2.24. The number of rotatable bonds is 1. The first kappa shape index (κ1) is 5.51. The van der Waals surface area contributed by atoms with Gasteiger partial charge >= 0.3 is 0 Å². The van der Waals surface area contributed by atoms with Gasteiger partial charge in [-0.15, -0.1) is 0 Å². The Hall–Kier alpha value is -0.630. The van der Waals surface area contributed by atoms with Crippen LogP contribution < -0.4 is 5.32 Å². The van der Waals surface area contributed by atoms with Crippen molar-refractivity contribution in [3.8, 4) is 0 Å². The lowest BCUT2D eigenvalue weighted by Gasteiger charge is -1.85. The molecular weight excluding hydrogens is 126 g/mol. The fourth-order valence-electron chi connectivity index (χ4n) is 0.444. The van der Waals surface area contributed by atoms with Crippen LogP contribution in [0.5, 0.6) is 0 Å². The number of nitrogens with one attached hydrogen (secondary N) is 1. The van der Waals surface area contributed by atoms with Gasteiger partial charge in [-0.3, -0.25) is 0 Å². The van der Waals surface area contributed by atoms with Crippen molar-refractivity contribution in [2.75, 3.05) is 12.4 Å². The molecule has 0 bridgehead atoms. The normalized spacial score (nSPS) is 9.25. The summed E-state index contributed by atoms with van der Waals surface area (Å²) in [6, 6.07) is 1.71. The van der Waals surface area contributed by atoms with E-state index in [1.54, 1.807) is 13.1 Å². The van der Waals surface area contributed by atoms with Crippen LogP contribution in [0.1, 0.15) is 0 Å². The Morgan fingerprint density at radius 3 is 2.75 bits per heavy atom. The van der Waals surface area contributed by atoms with Gasteiger partial charge < -0.3 is 9.73 Å². The molecular formula is C5H6ClNO. The van der Waals surface area contributed by atoms with Crippen LogP contribution in [-0.2, 0) is 0 Å². The highest BCUT2D eigenvalue weighted by molar-refractivity contribution is 6.30. The van der Waals surface area contributed by atoms with E-state index in [4.69, 9.17) is 16.0 Å². The molecule has 0 aliphatic carbocycles. The molecule has 44 valence electrons. The number of anilines is 1. The van der Waals surface area contributed by atoms with E-state index in [1.807, 2.05) is 0 Å². The van der Waals surface area contributed by atoms with Gasteiger partial charge in [0.15, 0.2) is 5.88 Å². The Kier molecular flexibility index (Phi) is 1.44. The molecule has 1 aromatic heterocycles. The van der Waals surface area contributed by atoms with E-state index in [0.29, 0.717) is 10.9 Å². The summed E-state index contributed by atoms with van der Waals surface area (Å²) >= 11 is 5.51. The van der Waals surface area contributed by atoms with Crippen molar-refractivity contribution in [2.45, 2.75) is 0 Å². The lowest BCUT2D eigenvalue weighted by molar-refractivity contribution is 0.583. The van der Waals surface area contributed by atoms with Crippen LogP contribution >= 0.6 is 11.6 Å². The monoisotopic (exact) mass is 131 g/mol. The van der Waals surface area contributed by atoms with Gasteiger partial charge in [-0.25, -0.2) is 0 Å². The van der Waals surface area contributed by atoms with Gasteiger partial charge in [-0.05, 0) is 0 Å². The van der Waals surface area contributed by atoms with Crippen LogP contribution in [0.25, 0.3) is 0 Å². The second kappa shape index (κ2) is 2.09. The molecule has 0 radical (unpaired) electrons. The van der Waals surface area contributed by atoms with Crippen molar-refractivity contribution in [3.05, 3.63) is 17.4 Å². The predicted octanol–water partition coefficient (Wildman–Crippen LogP) is 1.97. The molecule has 0 aliphatic rings. The van der Waals surface area contributed by atoms with E-state index in [2.05, 4.69) is 5.32 Å². The maximum Gasteiger partial charge on any atom is 0.193 e. The van der Waals surface area contributed by atoms with Gasteiger partial charge in [0, 0.05) is 13.1 Å². The molecule has 0 unspecified atom stereocenters. The van der Waals surface area contributed by atoms with Crippen molar-refractivity contribution in [1.82, 2.24) is 0 Å². The van der Waals surface area contributed by atoms with Crippen molar-refractivity contribution in [3.63, 3.8) is 0 Å². The summed E-state index contributed by atoms with van der Waals surface area (Å²) in [5.74, 6) is 0.690. The molecule has 0 fully saturated rings. The highest BCUT2D eigenvalue weighted by Crippen LogP contribution is 2.16. The van der Waals surface area contributed by atoms with E-state index in [-0.39, 0.29) is 0 Å². The molecule has 1 rings (SSSR count). The Balaban J connectivity index is 2.84. The molecule has 0 aromatic carbocycles. The first-order valence-corrected chi connectivity index (χ1v) is 2.62. The van der Waals surface area contributed by atoms with Crippen molar-refractivity contribution >= 4 is 17.5 Å². The minimum atomic E-state index is 0.620. The third kappa shape index (κ3) is 0.954. The number of hydrogen-bond donors (Lipinski definition) is 1. The standard InChI is InChI=1S/C5H6ClNO/c1-7-5-2-4(6)3-8-5/h2-3,7H,1H3. The maximum absolute atomic E-state index is 5.51. The van der Waals surface area contributed by atoms with Crippen molar-refractivity contribution in [2.24, 2.45) is 0 Å². The Labute approximate surface area is 52.4 Å². The molecule has 0 saturated carbocycles. The molecule has 2 nitrogen and oxygen atoms in total. The molecule has 0 spiro atoms. The van der Waals surface area contributed by atoms with E-state index < -0.39 is 0 Å². The summed E-state index contributed by atoms with van der Waals surface area (Å²) in [5.41, 5.74) is 0. The number of halogens is 1. The number of hydrogen-bond acceptors (Lipinski definition) is 2. The van der Waals surface area contributed by atoms with E-state index in [1.165, 1.54) is 6.26 Å². The van der Waals surface area contributed by atoms with Gasteiger partial charge in [-0.2, -0.15) is 0 Å². The van der Waals surface area contributed by atoms with Crippen LogP contribution in [-0.4, -0.2) is 7.05 Å². The van der Waals surface area contributed by atoms with Crippen LogP contribution in [0, 0.1) is 0 Å². The first-order chi connectivity index (χ1) is 3.83. The maximum atomic E-state index is 5.51. The highest BCUT2D eigenvalue weighted by atomic mass is 35.5. The second-order valence-electron chi connectivity index (χ2n) is 1.38. The van der Waals surface area contributed by atoms with Crippen molar-refractivity contribution in [1.29, 1.82) is 0 Å². The third-order valence-electron chi connectivity index (χ3n) is 0.814. The second-order valence-corrected chi connectivity index (χ2v) is 1.82. The molecule has 1 N–H and O–H groups in total. The number of furan rings is 1. The Morgan fingerprint density at radius 1 is 1.75 bits per heavy atom. The van der Waals surface area contributed by atoms with Crippen LogP contribution in [0.2, 0.25) is 5.02 Å². The predicted molar refractivity (Wildman–Crippen MR) is 33.3 cm³/mol. The zero-order chi connectivity index (χ0) is 5.98. The molecule has 3 heteroatoms. The van der Waals surface area contributed by atoms with Crippen LogP contribution in [0.4, 0.5) is 5.88 Å². The molecule has 0 aliphatic heterocycles. The largest absolute Gasteiger partial charge is 0.447 e. The summed E-state index contributed by atoms with van der Waals surface area (Å²) in [6.45, 7) is 0. The van der Waals surface area contributed by atoms with Gasteiger partial charge in [-0.1, -0.05) is 11.6 Å². The minimum Gasteiger partial charge on any atom is -0.447 e. The summed E-state index contributed by atoms with van der Waals surface area (Å²) in [7, 11) is 1.77. The zero-order valence-electron chi connectivity index (χ0n) is 4.44. The summed E-state index contributed by atoms with van der Waals surface area (Å²) < 4.78 is 4.87. The van der Waals surface area contributed by atoms with Crippen molar-refractivity contribution < 1.29 is 4.42 Å². The molecule has 0 atom stereocenters. The van der Waals surface area contributed by atoms with E-state index in [0.717, 1.165) is 0 Å². The summed E-state index contributed by atoms with van der Waals surface area (Å²) in [6.07, 6.45) is 1.48. The molecule has 0 amide bonds. The summed E-state index contributed by atoms with van der Waals surface area (Å²) in [4.78, 5) is 0. The molecule has 8 heavy (non-hydrogen) atoms.